The van der Waals surface area contributed by atoms with Crippen molar-refractivity contribution < 1.29 is 23.7 Å². The molecule has 1 fully saturated rings. The second-order valence-corrected chi connectivity index (χ2v) is 5.53. The highest BCUT2D eigenvalue weighted by atomic mass is 32.2. The molecule has 0 radical (unpaired) electrons. The monoisotopic (exact) mass is 330 g/mol. The molecule has 120 valence electrons. The number of nitrogens with zero attached hydrogens (tertiary/aromatic N) is 3. The third kappa shape index (κ3) is 3.39. The molecule has 3 N–H and O–H groups in total. The van der Waals surface area contributed by atoms with Gasteiger partial charge >= 0.3 is 0 Å². The number of hydrogen-bond donors (Lipinski definition) is 3. The van der Waals surface area contributed by atoms with Crippen LogP contribution in [0.15, 0.2) is 18.2 Å². The molecule has 1 heterocycles. The summed E-state index contributed by atoms with van der Waals surface area (Å²) in [4.78, 5) is 23.6. The molecule has 0 aliphatic carbocycles. The normalized spacial score (nSPS) is 17.1. The van der Waals surface area contributed by atoms with Crippen LogP contribution in [-0.4, -0.2) is 55.3 Å². The van der Waals surface area contributed by atoms with Crippen LogP contribution in [-0.2, 0) is 11.3 Å². The van der Waals surface area contributed by atoms with E-state index >= 15 is 0 Å². The average molecular weight is 330 g/mol. The van der Waals surface area contributed by atoms with Crippen LogP contribution in [0.5, 0.6) is 0 Å². The van der Waals surface area contributed by atoms with Gasteiger partial charge in [0.05, 0.1) is 4.92 Å². The summed E-state index contributed by atoms with van der Waals surface area (Å²) in [5.41, 5.74) is 1.44. The van der Waals surface area contributed by atoms with E-state index in [0.717, 1.165) is 6.07 Å². The molecule has 1 saturated heterocycles. The predicted molar refractivity (Wildman–Crippen MR) is 76.9 cm³/mol. The van der Waals surface area contributed by atoms with Crippen LogP contribution in [0, 0.1) is 10.1 Å². The standard InChI is InChI=1S/C11H14N4O6S/c16-11(12-17)8-1-2-9(10(7-8)15(18)19)13-3-5-14(6-4-13)22(20)21/h1-2,7,17H,3-6H2,(H,12,16)(H,20,21). The Bertz CT molecular complexity index is 617. The quantitative estimate of drug-likeness (QED) is 0.305. The number of rotatable bonds is 4. The maximum absolute atomic E-state index is 11.3. The first-order chi connectivity index (χ1) is 10.4. The van der Waals surface area contributed by atoms with Crippen molar-refractivity contribution >= 4 is 28.5 Å². The van der Waals surface area contributed by atoms with E-state index in [1.165, 1.54) is 21.9 Å². The van der Waals surface area contributed by atoms with E-state index in [0.29, 0.717) is 31.9 Å². The van der Waals surface area contributed by atoms with Gasteiger partial charge in [-0.3, -0.25) is 24.7 Å². The second kappa shape index (κ2) is 6.79. The van der Waals surface area contributed by atoms with Crippen molar-refractivity contribution in [2.24, 2.45) is 0 Å². The number of nitro benzene ring substituents is 1. The fraction of sp³-hybridized carbons (Fsp3) is 0.364. The summed E-state index contributed by atoms with van der Waals surface area (Å²) < 4.78 is 21.3. The van der Waals surface area contributed by atoms with Gasteiger partial charge in [-0.2, -0.15) is 4.31 Å². The van der Waals surface area contributed by atoms with Crippen molar-refractivity contribution in [1.82, 2.24) is 9.79 Å². The maximum Gasteiger partial charge on any atom is 0.293 e. The van der Waals surface area contributed by atoms with Crippen LogP contribution in [0.2, 0.25) is 0 Å². The Kier molecular flexibility index (Phi) is 5.03. The molecule has 2 rings (SSSR count). The number of hydroxylamine groups is 1. The van der Waals surface area contributed by atoms with Crippen LogP contribution in [0.1, 0.15) is 10.4 Å². The average Bonchev–Trinajstić information content (AvgIpc) is 2.53. The Balaban J connectivity index is 2.26. The molecule has 10 nitrogen and oxygen atoms in total. The van der Waals surface area contributed by atoms with Gasteiger partial charge in [-0.15, -0.1) is 0 Å². The molecule has 0 spiro atoms. The van der Waals surface area contributed by atoms with E-state index in [4.69, 9.17) is 9.76 Å². The number of benzene rings is 1. The third-order valence-electron chi connectivity index (χ3n) is 3.34. The van der Waals surface area contributed by atoms with E-state index in [-0.39, 0.29) is 11.3 Å². The number of carbonyl (C=O) groups is 1. The van der Waals surface area contributed by atoms with Crippen LogP contribution in [0.4, 0.5) is 11.4 Å². The van der Waals surface area contributed by atoms with Crippen molar-refractivity contribution in [2.75, 3.05) is 31.1 Å². The van der Waals surface area contributed by atoms with Gasteiger partial charge in [0, 0.05) is 37.8 Å². The number of carbonyl (C=O) groups excluding carboxylic acids is 1. The molecule has 1 unspecified atom stereocenters. The lowest BCUT2D eigenvalue weighted by Crippen LogP contribution is -2.47. The summed E-state index contributed by atoms with van der Waals surface area (Å²) in [6.45, 7) is 1.27. The molecular weight excluding hydrogens is 316 g/mol. The summed E-state index contributed by atoms with van der Waals surface area (Å²) in [6, 6.07) is 3.87. The SMILES string of the molecule is O=C(NO)c1ccc(N2CCN(S(=O)O)CC2)c([N+](=O)[O-])c1. The van der Waals surface area contributed by atoms with E-state index in [2.05, 4.69) is 0 Å². The molecule has 11 heteroatoms. The molecule has 1 aromatic carbocycles. The number of anilines is 1. The zero-order chi connectivity index (χ0) is 16.3. The lowest BCUT2D eigenvalue weighted by Gasteiger charge is -2.33. The topological polar surface area (TPSA) is 136 Å². The largest absolute Gasteiger partial charge is 0.363 e. The van der Waals surface area contributed by atoms with E-state index in [1.54, 1.807) is 4.90 Å². The number of amides is 1. The minimum absolute atomic E-state index is 0.0342. The highest BCUT2D eigenvalue weighted by Gasteiger charge is 2.26. The van der Waals surface area contributed by atoms with Gasteiger partial charge in [0.15, 0.2) is 0 Å². The third-order valence-corrected chi connectivity index (χ3v) is 4.14. The van der Waals surface area contributed by atoms with Crippen LogP contribution in [0.3, 0.4) is 0 Å². The fourth-order valence-electron chi connectivity index (χ4n) is 2.23. The number of piperazine rings is 1. The highest BCUT2D eigenvalue weighted by molar-refractivity contribution is 7.76. The van der Waals surface area contributed by atoms with Crippen molar-refractivity contribution in [2.45, 2.75) is 0 Å². The molecule has 0 bridgehead atoms. The molecule has 1 amide bonds. The van der Waals surface area contributed by atoms with Crippen LogP contribution >= 0.6 is 0 Å². The smallest absolute Gasteiger partial charge is 0.293 e. The lowest BCUT2D eigenvalue weighted by atomic mass is 10.1. The summed E-state index contributed by atoms with van der Waals surface area (Å²) in [6.07, 6.45) is 0. The number of hydrogen-bond acceptors (Lipinski definition) is 6. The maximum atomic E-state index is 11.3. The molecule has 0 saturated carbocycles. The Morgan fingerprint density at radius 3 is 2.45 bits per heavy atom. The Morgan fingerprint density at radius 2 is 1.95 bits per heavy atom. The molecule has 1 aromatic rings. The van der Waals surface area contributed by atoms with Crippen molar-refractivity contribution in [3.63, 3.8) is 0 Å². The van der Waals surface area contributed by atoms with Gasteiger partial charge in [-0.1, -0.05) is 0 Å². The second-order valence-electron chi connectivity index (χ2n) is 4.55. The fourth-order valence-corrected chi connectivity index (χ4v) is 2.70. The van der Waals surface area contributed by atoms with Crippen molar-refractivity contribution in [1.29, 1.82) is 0 Å². The summed E-state index contributed by atoms with van der Waals surface area (Å²) in [5.74, 6) is -0.838. The van der Waals surface area contributed by atoms with Gasteiger partial charge in [-0.05, 0) is 12.1 Å². The minimum Gasteiger partial charge on any atom is -0.363 e. The van der Waals surface area contributed by atoms with Gasteiger partial charge in [-0.25, -0.2) is 9.69 Å². The highest BCUT2D eigenvalue weighted by Crippen LogP contribution is 2.30. The first-order valence-corrected chi connectivity index (χ1v) is 7.34. The molecule has 1 atom stereocenters. The van der Waals surface area contributed by atoms with Crippen LogP contribution in [0.25, 0.3) is 0 Å². The molecule has 1 aliphatic rings. The Labute approximate surface area is 127 Å². The molecule has 1 aliphatic heterocycles. The zero-order valence-corrected chi connectivity index (χ0v) is 12.2. The van der Waals surface area contributed by atoms with Gasteiger partial charge < -0.3 is 4.90 Å². The van der Waals surface area contributed by atoms with Gasteiger partial charge in [0.1, 0.15) is 5.69 Å². The lowest BCUT2D eigenvalue weighted by molar-refractivity contribution is -0.384. The first-order valence-electron chi connectivity index (χ1n) is 6.27. The van der Waals surface area contributed by atoms with Gasteiger partial charge in [0.2, 0.25) is 11.3 Å². The first kappa shape index (κ1) is 16.3. The number of nitrogens with one attached hydrogen (secondary N) is 1. The Hall–Kier alpha value is -2.08. The van der Waals surface area contributed by atoms with Gasteiger partial charge in [0.25, 0.3) is 11.6 Å². The predicted octanol–water partition coefficient (Wildman–Crippen LogP) is -0.0275. The van der Waals surface area contributed by atoms with E-state index < -0.39 is 22.1 Å². The summed E-state index contributed by atoms with van der Waals surface area (Å²) in [7, 11) is 0. The zero-order valence-electron chi connectivity index (χ0n) is 11.3. The summed E-state index contributed by atoms with van der Waals surface area (Å²) in [5, 5.41) is 19.8. The van der Waals surface area contributed by atoms with E-state index in [9.17, 15) is 19.1 Å². The molecule has 22 heavy (non-hydrogen) atoms. The molecular formula is C11H14N4O6S. The van der Waals surface area contributed by atoms with Crippen LogP contribution < -0.4 is 10.4 Å². The number of nitro groups is 1. The van der Waals surface area contributed by atoms with Crippen molar-refractivity contribution in [3.8, 4) is 0 Å². The Morgan fingerprint density at radius 1 is 1.32 bits per heavy atom. The van der Waals surface area contributed by atoms with Crippen molar-refractivity contribution in [3.05, 3.63) is 33.9 Å². The summed E-state index contributed by atoms with van der Waals surface area (Å²) >= 11 is -2.06. The molecule has 0 aromatic heterocycles. The minimum atomic E-state index is -2.06. The van der Waals surface area contributed by atoms with E-state index in [1.807, 2.05) is 0 Å².